The van der Waals surface area contributed by atoms with Gasteiger partial charge in [-0.2, -0.15) is 0 Å². The van der Waals surface area contributed by atoms with Gasteiger partial charge in [-0.05, 0) is 233 Å². The van der Waals surface area contributed by atoms with Crippen molar-refractivity contribution in [3.8, 4) is 77.9 Å². The largest absolute Gasteiger partial charge is 0.315 e. The number of anilines is 3. The second kappa shape index (κ2) is 31.9. The lowest BCUT2D eigenvalue weighted by molar-refractivity contribution is 0.914. The SMILES string of the molecule is C=C(/C=C(\C(=C/C)c1ccc(-c2ccc(-c3ccccc3)cc2)cc1)c1ccccc1)N(C1=CC=C(c2ccccc2)CC1)c1ccc(-c2ccc(-c3c(/C=C\C)c(C)c(-c4ccc(N(C5=CC=C(c6ccccc6)C=CC5)c5ccc(-c6ccccc6)cc5)cc4-c4ccccc4)c4ccccc34)cc2)cc1. The molecule has 0 radical (unpaired) electrons. The molecule has 2 aliphatic rings. The lowest BCUT2D eigenvalue weighted by atomic mass is 9.81. The van der Waals surface area contributed by atoms with Gasteiger partial charge in [-0.1, -0.05) is 358 Å². The first-order chi connectivity index (χ1) is 53.3. The van der Waals surface area contributed by atoms with Crippen molar-refractivity contribution in [1.82, 2.24) is 0 Å². The normalized spacial score (nSPS) is 13.1. The topological polar surface area (TPSA) is 6.48 Å². The third-order valence-electron chi connectivity index (χ3n) is 21.1. The van der Waals surface area contributed by atoms with Crippen molar-refractivity contribution in [2.75, 3.05) is 9.80 Å². The van der Waals surface area contributed by atoms with Crippen LogP contribution in [0.2, 0.25) is 0 Å². The van der Waals surface area contributed by atoms with E-state index in [1.807, 2.05) is 0 Å². The molecular formula is C106H84N2. The van der Waals surface area contributed by atoms with Crippen LogP contribution in [0, 0.1) is 6.92 Å². The summed E-state index contributed by atoms with van der Waals surface area (Å²) in [5.41, 5.74) is 34.9. The van der Waals surface area contributed by atoms with E-state index in [1.54, 1.807) is 0 Å². The van der Waals surface area contributed by atoms with Crippen LogP contribution in [-0.2, 0) is 0 Å². The summed E-state index contributed by atoms with van der Waals surface area (Å²) in [6, 6.07) is 126. The number of allylic oxidation sites excluding steroid dienone is 14. The number of hydrogen-bond donors (Lipinski definition) is 0. The van der Waals surface area contributed by atoms with E-state index in [4.69, 9.17) is 6.58 Å². The van der Waals surface area contributed by atoms with Gasteiger partial charge in [-0.15, -0.1) is 0 Å². The maximum absolute atomic E-state index is 4.96. The third-order valence-corrected chi connectivity index (χ3v) is 21.1. The Morgan fingerprint density at radius 2 is 0.787 bits per heavy atom. The van der Waals surface area contributed by atoms with Crippen molar-refractivity contribution in [3.63, 3.8) is 0 Å². The van der Waals surface area contributed by atoms with E-state index in [-0.39, 0.29) is 0 Å². The van der Waals surface area contributed by atoms with Crippen LogP contribution in [0.1, 0.15) is 66.5 Å². The van der Waals surface area contributed by atoms with Gasteiger partial charge in [0.15, 0.2) is 0 Å². The quantitative estimate of drug-likeness (QED) is 0.0702. The standard InChI is InChI=1S/C106H84N2/c1-5-28-99-76(4)105(102-72-71-97(74-104(102)90-39-23-12-24-40-90)108(96-69-62-87(63-70-96)80-35-19-10-20-36-80)93-42-27-41-81(57-64-93)77-29-13-7-14-30-77)100-43-25-26-44-101(100)106(99)92-55-51-85(52-56-92)88-60-67-95(68-61-88)107(94-65-58-86(59-66-94)79-33-17-9-18-34-79)75(3)73-103(89-37-21-11-22-38-89)98(6-2)91-53-49-84(50-54-91)83-47-45-82(46-48-83)78-31-15-8-16-32-78/h5-41,43-58,60-65,67-74H,3,42,59,66H2,1-2,4H3/b28-5-,98-6-,103-73-. The highest BCUT2D eigenvalue weighted by Gasteiger charge is 2.25. The molecule has 0 N–H and O–H groups in total. The molecule has 108 heavy (non-hydrogen) atoms. The van der Waals surface area contributed by atoms with Gasteiger partial charge in [-0.3, -0.25) is 0 Å². The van der Waals surface area contributed by atoms with Gasteiger partial charge in [0.05, 0.1) is 0 Å². The van der Waals surface area contributed by atoms with E-state index >= 15 is 0 Å². The first-order valence-corrected chi connectivity index (χ1v) is 37.6. The summed E-state index contributed by atoms with van der Waals surface area (Å²) in [5, 5.41) is 2.41. The second-order valence-electron chi connectivity index (χ2n) is 27.7. The van der Waals surface area contributed by atoms with Crippen LogP contribution in [0.3, 0.4) is 0 Å². The highest BCUT2D eigenvalue weighted by Crippen LogP contribution is 2.48. The van der Waals surface area contributed by atoms with Crippen LogP contribution in [-0.4, -0.2) is 0 Å². The molecule has 0 spiro atoms. The van der Waals surface area contributed by atoms with E-state index in [0.29, 0.717) is 0 Å². The smallest absolute Gasteiger partial charge is 0.0465 e. The molecule has 0 saturated heterocycles. The van der Waals surface area contributed by atoms with Gasteiger partial charge >= 0.3 is 0 Å². The third kappa shape index (κ3) is 14.6. The molecule has 16 rings (SSSR count). The van der Waals surface area contributed by atoms with E-state index in [9.17, 15) is 0 Å². The average Bonchev–Trinajstić information content (AvgIpc) is 0.758. The fraction of sp³-hybridized carbons (Fsp3) is 0.0566. The van der Waals surface area contributed by atoms with E-state index in [1.165, 1.54) is 111 Å². The molecule has 2 heteroatoms. The summed E-state index contributed by atoms with van der Waals surface area (Å²) >= 11 is 0. The molecule has 14 aromatic carbocycles. The molecule has 2 nitrogen and oxygen atoms in total. The number of nitrogens with zero attached hydrogens (tertiary/aromatic N) is 2. The van der Waals surface area contributed by atoms with Crippen LogP contribution in [0.15, 0.2) is 424 Å². The number of benzene rings is 14. The predicted octanol–water partition coefficient (Wildman–Crippen LogP) is 29.2. The van der Waals surface area contributed by atoms with Gasteiger partial charge in [-0.25, -0.2) is 0 Å². The molecule has 0 aliphatic heterocycles. The van der Waals surface area contributed by atoms with Crippen LogP contribution in [0.25, 0.3) is 117 Å². The Bertz CT molecular complexity index is 5820. The van der Waals surface area contributed by atoms with Crippen molar-refractivity contribution in [2.24, 2.45) is 0 Å². The summed E-state index contributed by atoms with van der Waals surface area (Å²) in [6.45, 7) is 11.6. The highest BCUT2D eigenvalue weighted by atomic mass is 15.2. The monoisotopic (exact) mass is 1380 g/mol. The molecule has 0 aromatic heterocycles. The number of rotatable bonds is 20. The van der Waals surface area contributed by atoms with Gasteiger partial charge in [0, 0.05) is 40.6 Å². The minimum atomic E-state index is 0.752. The van der Waals surface area contributed by atoms with Crippen molar-refractivity contribution >= 4 is 56.2 Å². The molecule has 0 bridgehead atoms. The fourth-order valence-corrected chi connectivity index (χ4v) is 15.7. The summed E-state index contributed by atoms with van der Waals surface area (Å²) in [6.07, 6.45) is 25.3. The Hall–Kier alpha value is -13.4. The maximum atomic E-state index is 4.96. The minimum absolute atomic E-state index is 0.752. The number of hydrogen-bond acceptors (Lipinski definition) is 2. The molecular weight excluding hydrogens is 1300 g/mol. The summed E-state index contributed by atoms with van der Waals surface area (Å²) in [7, 11) is 0. The molecule has 0 unspecified atom stereocenters. The maximum Gasteiger partial charge on any atom is 0.0465 e. The lowest BCUT2D eigenvalue weighted by Crippen LogP contribution is -2.21. The molecule has 0 amide bonds. The van der Waals surface area contributed by atoms with Crippen LogP contribution >= 0.6 is 0 Å². The van der Waals surface area contributed by atoms with Gasteiger partial charge in [0.1, 0.15) is 0 Å². The lowest BCUT2D eigenvalue weighted by Gasteiger charge is -2.31. The Labute approximate surface area is 637 Å². The van der Waals surface area contributed by atoms with Gasteiger partial charge in [0.25, 0.3) is 0 Å². The highest BCUT2D eigenvalue weighted by molar-refractivity contribution is 6.12. The molecule has 0 heterocycles. The van der Waals surface area contributed by atoms with E-state index in [2.05, 4.69) is 437 Å². The zero-order valence-corrected chi connectivity index (χ0v) is 61.4. The Morgan fingerprint density at radius 1 is 0.352 bits per heavy atom. The van der Waals surface area contributed by atoms with Crippen LogP contribution in [0.4, 0.5) is 17.1 Å². The Kier molecular flexibility index (Phi) is 20.4. The molecule has 0 fully saturated rings. The Balaban J connectivity index is 0.739. The van der Waals surface area contributed by atoms with Crippen LogP contribution < -0.4 is 9.80 Å². The van der Waals surface area contributed by atoms with Crippen molar-refractivity contribution < 1.29 is 0 Å². The first-order valence-electron chi connectivity index (χ1n) is 37.6. The second-order valence-corrected chi connectivity index (χ2v) is 27.7. The minimum Gasteiger partial charge on any atom is -0.315 e. The predicted molar refractivity (Wildman–Crippen MR) is 464 cm³/mol. The van der Waals surface area contributed by atoms with Crippen molar-refractivity contribution in [1.29, 1.82) is 0 Å². The molecule has 518 valence electrons. The zero-order valence-electron chi connectivity index (χ0n) is 61.4. The first kappa shape index (κ1) is 69.0. The van der Waals surface area contributed by atoms with E-state index < -0.39 is 0 Å². The average molecular weight is 1390 g/mol. The van der Waals surface area contributed by atoms with Crippen LogP contribution in [0.5, 0.6) is 0 Å². The van der Waals surface area contributed by atoms with E-state index in [0.717, 1.165) is 86.5 Å². The van der Waals surface area contributed by atoms with Crippen molar-refractivity contribution in [3.05, 3.63) is 458 Å². The Morgan fingerprint density at radius 3 is 1.31 bits per heavy atom. The molecule has 14 aromatic rings. The summed E-state index contributed by atoms with van der Waals surface area (Å²) < 4.78 is 0. The molecule has 0 atom stereocenters. The van der Waals surface area contributed by atoms with Gasteiger partial charge < -0.3 is 9.80 Å². The fourth-order valence-electron chi connectivity index (χ4n) is 15.7. The summed E-state index contributed by atoms with van der Waals surface area (Å²) in [4.78, 5) is 4.82. The number of fused-ring (bicyclic) bond motifs is 1. The molecule has 2 aliphatic carbocycles. The van der Waals surface area contributed by atoms with Crippen molar-refractivity contribution in [2.45, 2.75) is 40.0 Å². The van der Waals surface area contributed by atoms with Gasteiger partial charge in [0.2, 0.25) is 0 Å². The summed E-state index contributed by atoms with van der Waals surface area (Å²) in [5.74, 6) is 0. The molecule has 0 saturated carbocycles. The zero-order chi connectivity index (χ0) is 73.1.